The van der Waals surface area contributed by atoms with E-state index in [0.29, 0.717) is 23.0 Å². The minimum absolute atomic E-state index is 0.174. The van der Waals surface area contributed by atoms with Crippen LogP contribution in [-0.2, 0) is 20.7 Å². The molecule has 4 aromatic rings. The van der Waals surface area contributed by atoms with Crippen LogP contribution >= 0.6 is 0 Å². The molecule has 2 aromatic carbocycles. The predicted molar refractivity (Wildman–Crippen MR) is 145 cm³/mol. The van der Waals surface area contributed by atoms with Gasteiger partial charge in [-0.3, -0.25) is 9.59 Å². The van der Waals surface area contributed by atoms with Gasteiger partial charge in [-0.1, -0.05) is 30.3 Å². The highest BCUT2D eigenvalue weighted by molar-refractivity contribution is 5.98. The molecule has 0 aliphatic carbocycles. The average Bonchev–Trinajstić information content (AvgIpc) is 3.68. The van der Waals surface area contributed by atoms with E-state index in [-0.39, 0.29) is 25.2 Å². The van der Waals surface area contributed by atoms with Crippen molar-refractivity contribution in [3.63, 3.8) is 0 Å². The van der Waals surface area contributed by atoms with Gasteiger partial charge >= 0.3 is 0 Å². The quantitative estimate of drug-likeness (QED) is 0.311. The number of nitrogens with zero attached hydrogens (tertiary/aromatic N) is 3. The number of rotatable bonds is 10. The standard InChI is InChI=1S/C29H29N5O6/c1-37-20-10-11-21(24(18-20)38-2)23-12-14-34(33-23)26-22(9-6-13-31-26)27(35)32-25(17-19-7-4-3-5-8-19)29(28(30)36)39-15-16-40-29/h3-14,18,25H,15-17H2,1-2H3,(H2,30,36)(H,32,35). The van der Waals surface area contributed by atoms with Crippen LogP contribution in [0.5, 0.6) is 11.5 Å². The summed E-state index contributed by atoms with van der Waals surface area (Å²) in [6.07, 6.45) is 3.51. The van der Waals surface area contributed by atoms with E-state index in [2.05, 4.69) is 15.4 Å². The first-order valence-electron chi connectivity index (χ1n) is 12.6. The van der Waals surface area contributed by atoms with E-state index in [1.165, 1.54) is 4.68 Å². The van der Waals surface area contributed by atoms with Crippen molar-refractivity contribution in [2.24, 2.45) is 5.73 Å². The van der Waals surface area contributed by atoms with Gasteiger partial charge in [0.05, 0.1) is 44.7 Å². The highest BCUT2D eigenvalue weighted by Gasteiger charge is 2.51. The van der Waals surface area contributed by atoms with Gasteiger partial charge < -0.3 is 30.0 Å². The Hall–Kier alpha value is -4.74. The largest absolute Gasteiger partial charge is 0.497 e. The molecule has 2 aromatic heterocycles. The number of methoxy groups -OCH3 is 2. The summed E-state index contributed by atoms with van der Waals surface area (Å²) in [5, 5.41) is 7.57. The third-order valence-corrected chi connectivity index (χ3v) is 6.63. The van der Waals surface area contributed by atoms with Gasteiger partial charge in [-0.2, -0.15) is 5.10 Å². The van der Waals surface area contributed by atoms with Crippen LogP contribution in [0, 0.1) is 0 Å². The maximum absolute atomic E-state index is 13.7. The molecule has 0 spiro atoms. The van der Waals surface area contributed by atoms with Gasteiger partial charge in [0.1, 0.15) is 11.5 Å². The molecular weight excluding hydrogens is 514 g/mol. The van der Waals surface area contributed by atoms with Crippen molar-refractivity contribution < 1.29 is 28.5 Å². The van der Waals surface area contributed by atoms with Gasteiger partial charge in [0, 0.05) is 24.0 Å². The number of nitrogens with one attached hydrogen (secondary N) is 1. The number of amides is 2. The van der Waals surface area contributed by atoms with Crippen molar-refractivity contribution in [3.05, 3.63) is 90.3 Å². The van der Waals surface area contributed by atoms with Crippen LogP contribution in [0.4, 0.5) is 0 Å². The van der Waals surface area contributed by atoms with Gasteiger partial charge in [-0.15, -0.1) is 0 Å². The molecule has 1 unspecified atom stereocenters. The van der Waals surface area contributed by atoms with Gasteiger partial charge in [-0.05, 0) is 42.3 Å². The van der Waals surface area contributed by atoms with Crippen molar-refractivity contribution in [2.75, 3.05) is 27.4 Å². The predicted octanol–water partition coefficient (Wildman–Crippen LogP) is 2.52. The van der Waals surface area contributed by atoms with Gasteiger partial charge in [0.15, 0.2) is 5.82 Å². The second-order valence-corrected chi connectivity index (χ2v) is 9.03. The van der Waals surface area contributed by atoms with Crippen molar-refractivity contribution in [2.45, 2.75) is 18.2 Å². The highest BCUT2D eigenvalue weighted by atomic mass is 16.7. The number of hydrogen-bond acceptors (Lipinski definition) is 8. The minimum atomic E-state index is -1.81. The van der Waals surface area contributed by atoms with Crippen LogP contribution in [0.2, 0.25) is 0 Å². The Morgan fingerprint density at radius 3 is 2.52 bits per heavy atom. The van der Waals surface area contributed by atoms with Crippen molar-refractivity contribution >= 4 is 11.8 Å². The summed E-state index contributed by atoms with van der Waals surface area (Å²) in [5.41, 5.74) is 8.19. The second kappa shape index (κ2) is 11.6. The Bertz CT molecular complexity index is 1500. The monoisotopic (exact) mass is 543 g/mol. The fraction of sp³-hybridized carbons (Fsp3) is 0.241. The molecule has 11 nitrogen and oxygen atoms in total. The number of carbonyl (C=O) groups is 2. The summed E-state index contributed by atoms with van der Waals surface area (Å²) in [4.78, 5) is 30.7. The van der Waals surface area contributed by atoms with Crippen LogP contribution < -0.4 is 20.5 Å². The van der Waals surface area contributed by atoms with E-state index >= 15 is 0 Å². The molecule has 1 aliphatic heterocycles. The minimum Gasteiger partial charge on any atom is -0.497 e. The summed E-state index contributed by atoms with van der Waals surface area (Å²) in [6, 6.07) is 19.0. The van der Waals surface area contributed by atoms with Crippen LogP contribution in [-0.4, -0.2) is 65.8 Å². The fourth-order valence-electron chi connectivity index (χ4n) is 4.66. The van der Waals surface area contributed by atoms with E-state index in [1.54, 1.807) is 50.9 Å². The fourth-order valence-corrected chi connectivity index (χ4v) is 4.66. The second-order valence-electron chi connectivity index (χ2n) is 9.03. The highest BCUT2D eigenvalue weighted by Crippen LogP contribution is 2.33. The number of ether oxygens (including phenoxy) is 4. The first kappa shape index (κ1) is 26.9. The summed E-state index contributed by atoms with van der Waals surface area (Å²) >= 11 is 0. The third kappa shape index (κ3) is 5.24. The van der Waals surface area contributed by atoms with Gasteiger partial charge in [0.2, 0.25) is 0 Å². The van der Waals surface area contributed by atoms with Crippen molar-refractivity contribution in [3.8, 4) is 28.6 Å². The molecule has 11 heteroatoms. The number of hydrogen-bond donors (Lipinski definition) is 2. The van der Waals surface area contributed by atoms with Crippen molar-refractivity contribution in [1.29, 1.82) is 0 Å². The Labute approximate surface area is 230 Å². The summed E-state index contributed by atoms with van der Waals surface area (Å²) in [7, 11) is 3.15. The number of aromatic nitrogens is 3. The SMILES string of the molecule is COc1ccc(-c2ccn(-c3ncccc3C(=O)NC(Cc3ccccc3)C3(C(N)=O)OCCO3)n2)c(OC)c1. The lowest BCUT2D eigenvalue weighted by Gasteiger charge is -2.33. The zero-order valence-corrected chi connectivity index (χ0v) is 22.1. The maximum Gasteiger partial charge on any atom is 0.280 e. The number of primary amides is 1. The summed E-state index contributed by atoms with van der Waals surface area (Å²) in [6.45, 7) is 0.347. The number of benzene rings is 2. The molecule has 1 fully saturated rings. The molecule has 1 aliphatic rings. The van der Waals surface area contributed by atoms with Crippen LogP contribution in [0.3, 0.4) is 0 Å². The van der Waals surface area contributed by atoms with Crippen LogP contribution in [0.15, 0.2) is 79.1 Å². The van der Waals surface area contributed by atoms with Crippen molar-refractivity contribution in [1.82, 2.24) is 20.1 Å². The molecule has 206 valence electrons. The molecule has 1 atom stereocenters. The van der Waals surface area contributed by atoms with Gasteiger partial charge in [0.25, 0.3) is 17.6 Å². The van der Waals surface area contributed by atoms with Crippen LogP contribution in [0.1, 0.15) is 15.9 Å². The first-order valence-corrected chi connectivity index (χ1v) is 12.6. The number of nitrogens with two attached hydrogens (primary N) is 1. The Morgan fingerprint density at radius 2 is 1.82 bits per heavy atom. The zero-order chi connectivity index (χ0) is 28.1. The van der Waals surface area contributed by atoms with E-state index < -0.39 is 23.6 Å². The molecule has 2 amide bonds. The molecule has 40 heavy (non-hydrogen) atoms. The van der Waals surface area contributed by atoms with E-state index in [0.717, 1.165) is 11.1 Å². The zero-order valence-electron chi connectivity index (χ0n) is 22.1. The van der Waals surface area contributed by atoms with Gasteiger partial charge in [-0.25, -0.2) is 9.67 Å². The molecule has 0 radical (unpaired) electrons. The summed E-state index contributed by atoms with van der Waals surface area (Å²) < 4.78 is 23.7. The van der Waals surface area contributed by atoms with E-state index in [1.807, 2.05) is 42.5 Å². The molecular formula is C29H29N5O6. The smallest absolute Gasteiger partial charge is 0.280 e. The molecule has 1 saturated heterocycles. The molecule has 5 rings (SSSR count). The molecule has 3 heterocycles. The topological polar surface area (TPSA) is 140 Å². The Morgan fingerprint density at radius 1 is 1.05 bits per heavy atom. The van der Waals surface area contributed by atoms with Crippen LogP contribution in [0.25, 0.3) is 17.1 Å². The molecule has 3 N–H and O–H groups in total. The Kier molecular flexibility index (Phi) is 7.76. The average molecular weight is 544 g/mol. The lowest BCUT2D eigenvalue weighted by Crippen LogP contribution is -2.61. The lowest BCUT2D eigenvalue weighted by molar-refractivity contribution is -0.189. The summed E-state index contributed by atoms with van der Waals surface area (Å²) in [5.74, 6) is -1.60. The number of pyridine rings is 1. The maximum atomic E-state index is 13.7. The lowest BCUT2D eigenvalue weighted by atomic mass is 9.97. The molecule has 0 bridgehead atoms. The normalized spacial score (nSPS) is 14.8. The Balaban J connectivity index is 1.47. The first-order chi connectivity index (χ1) is 19.4. The number of carbonyl (C=O) groups excluding carboxylic acids is 2. The third-order valence-electron chi connectivity index (χ3n) is 6.63. The molecule has 0 saturated carbocycles. The van der Waals surface area contributed by atoms with E-state index in [4.69, 9.17) is 24.7 Å². The van der Waals surface area contributed by atoms with E-state index in [9.17, 15) is 9.59 Å².